The Labute approximate surface area is 108 Å². The van der Waals surface area contributed by atoms with Crippen molar-refractivity contribution in [1.29, 1.82) is 0 Å². The lowest BCUT2D eigenvalue weighted by molar-refractivity contribution is 0.300. The van der Waals surface area contributed by atoms with Gasteiger partial charge in [-0.3, -0.25) is 0 Å². The summed E-state index contributed by atoms with van der Waals surface area (Å²) in [5.74, 6) is 1.09. The van der Waals surface area contributed by atoms with Crippen LogP contribution in [0.1, 0.15) is 24.3 Å². The van der Waals surface area contributed by atoms with E-state index in [1.807, 2.05) is 30.3 Å². The number of hydrogen-bond acceptors (Lipinski definition) is 3. The Hall–Kier alpha value is -1.55. The zero-order valence-corrected chi connectivity index (χ0v) is 10.8. The molecule has 18 heavy (non-hydrogen) atoms. The van der Waals surface area contributed by atoms with E-state index in [1.54, 1.807) is 0 Å². The van der Waals surface area contributed by atoms with Crippen molar-refractivity contribution in [2.45, 2.75) is 18.8 Å². The Morgan fingerprint density at radius 2 is 2.11 bits per heavy atom. The summed E-state index contributed by atoms with van der Waals surface area (Å²) >= 11 is 0. The van der Waals surface area contributed by atoms with Gasteiger partial charge in [-0.1, -0.05) is 35.5 Å². The monoisotopic (exact) mass is 247 g/mol. The third-order valence-corrected chi connectivity index (χ3v) is 3.44. The normalized spacial score (nSPS) is 18.0. The van der Waals surface area contributed by atoms with Crippen molar-refractivity contribution < 1.29 is 5.21 Å². The van der Waals surface area contributed by atoms with Crippen LogP contribution in [0.3, 0.4) is 0 Å². The second kappa shape index (κ2) is 5.87. The molecule has 4 heteroatoms. The summed E-state index contributed by atoms with van der Waals surface area (Å²) in [6, 6.07) is 9.98. The predicted octanol–water partition coefficient (Wildman–Crippen LogP) is 1.86. The number of benzene rings is 1. The van der Waals surface area contributed by atoms with E-state index in [-0.39, 0.29) is 11.8 Å². The lowest BCUT2D eigenvalue weighted by Crippen LogP contribution is -2.34. The zero-order chi connectivity index (χ0) is 13.0. The van der Waals surface area contributed by atoms with Gasteiger partial charge in [-0.25, -0.2) is 0 Å². The fourth-order valence-corrected chi connectivity index (χ4v) is 2.25. The highest BCUT2D eigenvalue weighted by molar-refractivity contribution is 5.87. The van der Waals surface area contributed by atoms with Crippen molar-refractivity contribution in [3.05, 3.63) is 35.9 Å². The summed E-state index contributed by atoms with van der Waals surface area (Å²) < 4.78 is 0. The number of rotatable bonds is 6. The summed E-state index contributed by atoms with van der Waals surface area (Å²) in [4.78, 5) is 2.27. The Morgan fingerprint density at radius 1 is 1.44 bits per heavy atom. The zero-order valence-electron chi connectivity index (χ0n) is 10.8. The minimum Gasteiger partial charge on any atom is -0.409 e. The van der Waals surface area contributed by atoms with Crippen LogP contribution in [-0.4, -0.2) is 36.1 Å². The molecule has 1 saturated carbocycles. The topological polar surface area (TPSA) is 61.8 Å². The quantitative estimate of drug-likeness (QED) is 0.349. The van der Waals surface area contributed by atoms with E-state index < -0.39 is 0 Å². The number of oxime groups is 1. The average Bonchev–Trinajstić information content (AvgIpc) is 3.20. The SMILES string of the molecule is CN(CC1CC1)CC(C(N)=NO)c1ccccc1. The van der Waals surface area contributed by atoms with Gasteiger partial charge >= 0.3 is 0 Å². The van der Waals surface area contributed by atoms with E-state index in [2.05, 4.69) is 17.1 Å². The van der Waals surface area contributed by atoms with Crippen molar-refractivity contribution in [1.82, 2.24) is 4.90 Å². The van der Waals surface area contributed by atoms with Gasteiger partial charge in [0, 0.05) is 13.1 Å². The van der Waals surface area contributed by atoms with Gasteiger partial charge in [0.1, 0.15) is 5.84 Å². The maximum absolute atomic E-state index is 8.92. The summed E-state index contributed by atoms with van der Waals surface area (Å²) in [6.45, 7) is 1.89. The summed E-state index contributed by atoms with van der Waals surface area (Å²) in [7, 11) is 2.10. The lowest BCUT2D eigenvalue weighted by Gasteiger charge is -2.23. The first-order chi connectivity index (χ1) is 8.70. The Bertz CT molecular complexity index is 401. The number of likely N-dealkylation sites (N-methyl/N-ethyl adjacent to an activating group) is 1. The molecule has 1 fully saturated rings. The summed E-state index contributed by atoms with van der Waals surface area (Å²) in [6.07, 6.45) is 2.67. The molecule has 3 N–H and O–H groups in total. The summed E-state index contributed by atoms with van der Waals surface area (Å²) in [5, 5.41) is 12.1. The van der Waals surface area contributed by atoms with Crippen LogP contribution in [0.15, 0.2) is 35.5 Å². The van der Waals surface area contributed by atoms with Gasteiger partial charge < -0.3 is 15.8 Å². The molecule has 4 nitrogen and oxygen atoms in total. The van der Waals surface area contributed by atoms with Crippen molar-refractivity contribution in [3.8, 4) is 0 Å². The molecule has 98 valence electrons. The van der Waals surface area contributed by atoms with Crippen LogP contribution >= 0.6 is 0 Å². The number of amidine groups is 1. The molecule has 1 atom stereocenters. The molecule has 0 aliphatic heterocycles. The van der Waals surface area contributed by atoms with Crippen LogP contribution in [0.2, 0.25) is 0 Å². The molecule has 1 aliphatic rings. The third kappa shape index (κ3) is 3.47. The Kier molecular flexibility index (Phi) is 4.20. The Morgan fingerprint density at radius 3 is 2.67 bits per heavy atom. The van der Waals surface area contributed by atoms with Crippen LogP contribution in [-0.2, 0) is 0 Å². The molecule has 0 heterocycles. The molecule has 1 aromatic carbocycles. The van der Waals surface area contributed by atoms with Gasteiger partial charge in [0.05, 0.1) is 5.92 Å². The number of nitrogens with two attached hydrogens (primary N) is 1. The molecule has 0 radical (unpaired) electrons. The van der Waals surface area contributed by atoms with Crippen molar-refractivity contribution in [3.63, 3.8) is 0 Å². The highest BCUT2D eigenvalue weighted by Crippen LogP contribution is 2.30. The molecule has 0 bridgehead atoms. The van der Waals surface area contributed by atoms with Gasteiger partial charge in [-0.2, -0.15) is 0 Å². The van der Waals surface area contributed by atoms with E-state index in [9.17, 15) is 0 Å². The molecule has 0 aromatic heterocycles. The van der Waals surface area contributed by atoms with Crippen LogP contribution in [0, 0.1) is 5.92 Å². The van der Waals surface area contributed by atoms with Crippen molar-refractivity contribution >= 4 is 5.84 Å². The smallest absolute Gasteiger partial charge is 0.147 e. The molecular formula is C14H21N3O. The van der Waals surface area contributed by atoms with E-state index in [1.165, 1.54) is 12.8 Å². The van der Waals surface area contributed by atoms with Gasteiger partial charge in [-0.05, 0) is 31.4 Å². The second-order valence-electron chi connectivity index (χ2n) is 5.15. The highest BCUT2D eigenvalue weighted by Gasteiger charge is 2.25. The molecule has 1 unspecified atom stereocenters. The number of hydrogen-bond donors (Lipinski definition) is 2. The van der Waals surface area contributed by atoms with Crippen LogP contribution < -0.4 is 5.73 Å². The molecule has 1 aliphatic carbocycles. The Balaban J connectivity index is 2.05. The average molecular weight is 247 g/mol. The van der Waals surface area contributed by atoms with Gasteiger partial charge in [0.25, 0.3) is 0 Å². The third-order valence-electron chi connectivity index (χ3n) is 3.44. The van der Waals surface area contributed by atoms with Crippen molar-refractivity contribution in [2.24, 2.45) is 16.8 Å². The first kappa shape index (κ1) is 12.9. The standard InChI is InChI=1S/C14H21N3O/c1-17(9-11-7-8-11)10-13(14(15)16-18)12-5-3-2-4-6-12/h2-6,11,13,18H,7-10H2,1H3,(H2,15,16). The van der Waals surface area contributed by atoms with E-state index in [4.69, 9.17) is 10.9 Å². The molecule has 2 rings (SSSR count). The molecule has 0 amide bonds. The minimum absolute atomic E-state index is 0.0417. The summed E-state index contributed by atoms with van der Waals surface area (Å²) in [5.41, 5.74) is 6.91. The lowest BCUT2D eigenvalue weighted by atomic mass is 9.97. The molecule has 0 spiro atoms. The van der Waals surface area contributed by atoms with E-state index in [0.717, 1.165) is 24.6 Å². The molecular weight excluding hydrogens is 226 g/mol. The van der Waals surface area contributed by atoms with Crippen LogP contribution in [0.4, 0.5) is 0 Å². The van der Waals surface area contributed by atoms with Gasteiger partial charge in [-0.15, -0.1) is 0 Å². The molecule has 0 saturated heterocycles. The fourth-order valence-electron chi connectivity index (χ4n) is 2.25. The van der Waals surface area contributed by atoms with Crippen LogP contribution in [0.5, 0.6) is 0 Å². The predicted molar refractivity (Wildman–Crippen MR) is 72.8 cm³/mol. The highest BCUT2D eigenvalue weighted by atomic mass is 16.4. The van der Waals surface area contributed by atoms with E-state index in [0.29, 0.717) is 0 Å². The maximum atomic E-state index is 8.92. The van der Waals surface area contributed by atoms with Gasteiger partial charge in [0.15, 0.2) is 0 Å². The van der Waals surface area contributed by atoms with Gasteiger partial charge in [0.2, 0.25) is 0 Å². The minimum atomic E-state index is -0.0417. The largest absolute Gasteiger partial charge is 0.409 e. The fraction of sp³-hybridized carbons (Fsp3) is 0.500. The number of nitrogens with zero attached hydrogens (tertiary/aromatic N) is 2. The first-order valence-electron chi connectivity index (χ1n) is 6.41. The molecule has 1 aromatic rings. The van der Waals surface area contributed by atoms with Crippen molar-refractivity contribution in [2.75, 3.05) is 20.1 Å². The van der Waals surface area contributed by atoms with E-state index >= 15 is 0 Å². The first-order valence-corrected chi connectivity index (χ1v) is 6.41. The van der Waals surface area contributed by atoms with Crippen LogP contribution in [0.25, 0.3) is 0 Å². The second-order valence-corrected chi connectivity index (χ2v) is 5.15. The maximum Gasteiger partial charge on any atom is 0.147 e.